The van der Waals surface area contributed by atoms with Crippen LogP contribution in [0.4, 0.5) is 4.39 Å². The molecule has 0 saturated carbocycles. The summed E-state index contributed by atoms with van der Waals surface area (Å²) >= 11 is 0. The van der Waals surface area contributed by atoms with Crippen LogP contribution in [0.25, 0.3) is 5.57 Å². The van der Waals surface area contributed by atoms with Crippen molar-refractivity contribution >= 4 is 11.5 Å². The maximum atomic E-state index is 12.7. The van der Waals surface area contributed by atoms with Crippen molar-refractivity contribution in [2.75, 3.05) is 0 Å². The van der Waals surface area contributed by atoms with Crippen LogP contribution in [0, 0.1) is 5.82 Å². The average Bonchev–Trinajstić information content (AvgIpc) is 2.08. The molecule has 1 aromatic carbocycles. The lowest BCUT2D eigenvalue weighted by atomic mass is 10.1. The topological polar surface area (TPSA) is 57.5 Å². The van der Waals surface area contributed by atoms with Crippen molar-refractivity contribution in [3.63, 3.8) is 0 Å². The Bertz CT molecular complexity index is 371. The second-order valence-corrected chi connectivity index (χ2v) is 2.45. The van der Waals surface area contributed by atoms with Crippen LogP contribution in [0.5, 0.6) is 5.75 Å². The summed E-state index contributed by atoms with van der Waals surface area (Å²) in [5, 5.41) is 17.3. The van der Waals surface area contributed by atoms with Crippen LogP contribution in [-0.2, 0) is 4.79 Å². The number of phenols is 1. The summed E-state index contributed by atoms with van der Waals surface area (Å²) in [4.78, 5) is 10.4. The predicted octanol–water partition coefficient (Wildman–Crippen LogP) is 1.63. The number of carboxylic acids is 1. The molecule has 0 aliphatic carbocycles. The fourth-order valence-electron chi connectivity index (χ4n) is 0.818. The molecule has 0 aliphatic heterocycles. The van der Waals surface area contributed by atoms with Crippen LogP contribution in [0.3, 0.4) is 0 Å². The van der Waals surface area contributed by atoms with Crippen molar-refractivity contribution in [3.05, 3.63) is 36.2 Å². The molecule has 0 atom stereocenters. The molecule has 2 N–H and O–H groups in total. The number of carboxylic acid groups (broad SMARTS) is 1. The number of halogens is 1. The number of hydrogen-bond acceptors (Lipinski definition) is 2. The summed E-state index contributed by atoms with van der Waals surface area (Å²) in [6.07, 6.45) is 0. The first-order chi connectivity index (χ1) is 6.02. The summed E-state index contributed by atoms with van der Waals surface area (Å²) in [7, 11) is 0. The fraction of sp³-hybridized carbons (Fsp3) is 0. The SMILES string of the molecule is C=C(C(=O)O)c1ccc(O)c(F)c1. The zero-order valence-electron chi connectivity index (χ0n) is 6.62. The van der Waals surface area contributed by atoms with E-state index in [9.17, 15) is 9.18 Å². The van der Waals surface area contributed by atoms with Gasteiger partial charge in [0.25, 0.3) is 0 Å². The van der Waals surface area contributed by atoms with E-state index in [0.717, 1.165) is 12.1 Å². The molecule has 0 heterocycles. The molecule has 0 aliphatic rings. The van der Waals surface area contributed by atoms with Gasteiger partial charge in [-0.1, -0.05) is 12.6 Å². The lowest BCUT2D eigenvalue weighted by Crippen LogP contribution is -1.98. The smallest absolute Gasteiger partial charge is 0.335 e. The standard InChI is InChI=1S/C9H7FO3/c1-5(9(12)13)6-2-3-8(11)7(10)4-6/h2-4,11H,1H2,(H,12,13). The Kier molecular flexibility index (Phi) is 2.32. The molecule has 3 nitrogen and oxygen atoms in total. The normalized spacial score (nSPS) is 9.62. The minimum atomic E-state index is -1.22. The summed E-state index contributed by atoms with van der Waals surface area (Å²) in [5.74, 6) is -2.59. The number of aromatic hydroxyl groups is 1. The predicted molar refractivity (Wildman–Crippen MR) is 44.7 cm³/mol. The number of hydrogen-bond donors (Lipinski definition) is 2. The molecule has 1 aromatic rings. The maximum Gasteiger partial charge on any atom is 0.335 e. The van der Waals surface area contributed by atoms with Gasteiger partial charge >= 0.3 is 5.97 Å². The minimum absolute atomic E-state index is 0.141. The molecule has 68 valence electrons. The first-order valence-electron chi connectivity index (χ1n) is 3.43. The minimum Gasteiger partial charge on any atom is -0.505 e. The van der Waals surface area contributed by atoms with Gasteiger partial charge in [-0.25, -0.2) is 9.18 Å². The third kappa shape index (κ3) is 1.84. The van der Waals surface area contributed by atoms with Gasteiger partial charge in [0.1, 0.15) is 0 Å². The zero-order valence-corrected chi connectivity index (χ0v) is 6.62. The second-order valence-electron chi connectivity index (χ2n) is 2.45. The monoisotopic (exact) mass is 182 g/mol. The summed E-state index contributed by atoms with van der Waals surface area (Å²) in [6, 6.07) is 3.29. The fourth-order valence-corrected chi connectivity index (χ4v) is 0.818. The third-order valence-electron chi connectivity index (χ3n) is 1.55. The summed E-state index contributed by atoms with van der Waals surface area (Å²) in [6.45, 7) is 3.25. The van der Waals surface area contributed by atoms with E-state index >= 15 is 0 Å². The van der Waals surface area contributed by atoms with Crippen molar-refractivity contribution < 1.29 is 19.4 Å². The van der Waals surface area contributed by atoms with Crippen LogP contribution >= 0.6 is 0 Å². The molecule has 0 unspecified atom stereocenters. The molecular weight excluding hydrogens is 175 g/mol. The van der Waals surface area contributed by atoms with E-state index in [2.05, 4.69) is 6.58 Å². The largest absolute Gasteiger partial charge is 0.505 e. The molecule has 4 heteroatoms. The van der Waals surface area contributed by atoms with Gasteiger partial charge in [-0.2, -0.15) is 0 Å². The van der Waals surface area contributed by atoms with Gasteiger partial charge in [-0.15, -0.1) is 0 Å². The Labute approximate surface area is 73.8 Å². The molecule has 0 amide bonds. The van der Waals surface area contributed by atoms with Gasteiger partial charge in [0.05, 0.1) is 5.57 Å². The van der Waals surface area contributed by atoms with E-state index in [4.69, 9.17) is 10.2 Å². The molecule has 0 aromatic heterocycles. The third-order valence-corrected chi connectivity index (χ3v) is 1.55. The number of phenolic OH excluding ortho intramolecular Hbond substituents is 1. The highest BCUT2D eigenvalue weighted by molar-refractivity contribution is 6.14. The van der Waals surface area contributed by atoms with Crippen molar-refractivity contribution in [2.24, 2.45) is 0 Å². The molecule has 0 bridgehead atoms. The Morgan fingerprint density at radius 2 is 2.08 bits per heavy atom. The van der Waals surface area contributed by atoms with Crippen LogP contribution in [0.15, 0.2) is 24.8 Å². The lowest BCUT2D eigenvalue weighted by molar-refractivity contribution is -0.130. The van der Waals surface area contributed by atoms with Crippen LogP contribution in [0.2, 0.25) is 0 Å². The number of benzene rings is 1. The molecule has 13 heavy (non-hydrogen) atoms. The lowest BCUT2D eigenvalue weighted by Gasteiger charge is -2.01. The number of rotatable bonds is 2. The molecule has 1 rings (SSSR count). The van der Waals surface area contributed by atoms with Crippen molar-refractivity contribution in [3.8, 4) is 5.75 Å². The first kappa shape index (κ1) is 9.25. The Balaban J connectivity index is 3.11. The van der Waals surface area contributed by atoms with Gasteiger partial charge in [0, 0.05) is 0 Å². The van der Waals surface area contributed by atoms with Gasteiger partial charge in [-0.3, -0.25) is 0 Å². The van der Waals surface area contributed by atoms with Crippen LogP contribution in [-0.4, -0.2) is 16.2 Å². The summed E-state index contributed by atoms with van der Waals surface area (Å²) in [5.41, 5.74) is -0.0679. The highest BCUT2D eigenvalue weighted by atomic mass is 19.1. The van der Waals surface area contributed by atoms with Crippen molar-refractivity contribution in [1.29, 1.82) is 0 Å². The highest BCUT2D eigenvalue weighted by Crippen LogP contribution is 2.20. The summed E-state index contributed by atoms with van der Waals surface area (Å²) < 4.78 is 12.7. The highest BCUT2D eigenvalue weighted by Gasteiger charge is 2.09. The Morgan fingerprint density at radius 1 is 1.46 bits per heavy atom. The van der Waals surface area contributed by atoms with Crippen molar-refractivity contribution in [2.45, 2.75) is 0 Å². The van der Waals surface area contributed by atoms with E-state index in [1.807, 2.05) is 0 Å². The van der Waals surface area contributed by atoms with E-state index in [0.29, 0.717) is 0 Å². The van der Waals surface area contributed by atoms with E-state index in [-0.39, 0.29) is 11.1 Å². The maximum absolute atomic E-state index is 12.7. The molecule has 0 spiro atoms. The zero-order chi connectivity index (χ0) is 10.0. The molecule has 0 saturated heterocycles. The van der Waals surface area contributed by atoms with Crippen LogP contribution < -0.4 is 0 Å². The van der Waals surface area contributed by atoms with Crippen LogP contribution in [0.1, 0.15) is 5.56 Å². The second kappa shape index (κ2) is 3.26. The van der Waals surface area contributed by atoms with Gasteiger partial charge < -0.3 is 10.2 Å². The quantitative estimate of drug-likeness (QED) is 0.683. The van der Waals surface area contributed by atoms with E-state index in [1.165, 1.54) is 6.07 Å². The van der Waals surface area contributed by atoms with Crippen molar-refractivity contribution in [1.82, 2.24) is 0 Å². The first-order valence-corrected chi connectivity index (χ1v) is 3.43. The van der Waals surface area contributed by atoms with E-state index in [1.54, 1.807) is 0 Å². The Morgan fingerprint density at radius 3 is 2.54 bits per heavy atom. The Hall–Kier alpha value is -1.84. The van der Waals surface area contributed by atoms with Gasteiger partial charge in [-0.05, 0) is 17.7 Å². The van der Waals surface area contributed by atoms with Gasteiger partial charge in [0.15, 0.2) is 11.6 Å². The molecular formula is C9H7FO3. The molecule has 0 radical (unpaired) electrons. The average molecular weight is 182 g/mol. The molecule has 0 fully saturated rings. The number of aliphatic carboxylic acids is 1. The van der Waals surface area contributed by atoms with Gasteiger partial charge in [0.2, 0.25) is 0 Å². The van der Waals surface area contributed by atoms with E-state index < -0.39 is 17.5 Å². The number of carbonyl (C=O) groups is 1.